The second-order valence-electron chi connectivity index (χ2n) is 7.27. The van der Waals surface area contributed by atoms with Crippen LogP contribution in [0.2, 0.25) is 0 Å². The highest BCUT2D eigenvalue weighted by Gasteiger charge is 2.53. The van der Waals surface area contributed by atoms with Crippen LogP contribution in [0, 0.1) is 5.92 Å². The lowest BCUT2D eigenvalue weighted by molar-refractivity contribution is -0.487. The molecule has 28 heavy (non-hydrogen) atoms. The fraction of sp³-hybridized carbons (Fsp3) is 0.208. The van der Waals surface area contributed by atoms with Crippen molar-refractivity contribution in [3.05, 3.63) is 108 Å². The molecule has 142 valence electrons. The standard InChI is InChI=1S/C24H22O4/c1-23(26)21(22(25)18-11-5-2-6-12-18)17-24(28-27-23,19-13-7-3-8-14-19)20-15-9-4-10-16-20/h2-16,21,26H,17H2,1H3. The smallest absolute Gasteiger partial charge is 0.206 e. The molecule has 0 bridgehead atoms. The predicted molar refractivity (Wildman–Crippen MR) is 105 cm³/mol. The van der Waals surface area contributed by atoms with Crippen LogP contribution in [0.15, 0.2) is 91.0 Å². The number of Topliss-reactive ketones (excluding diaryl/α,β-unsaturated/α-hetero) is 1. The quantitative estimate of drug-likeness (QED) is 0.540. The first-order chi connectivity index (χ1) is 13.5. The fourth-order valence-electron chi connectivity index (χ4n) is 3.78. The van der Waals surface area contributed by atoms with E-state index in [4.69, 9.17) is 9.78 Å². The molecule has 1 saturated heterocycles. The molecule has 2 unspecified atom stereocenters. The summed E-state index contributed by atoms with van der Waals surface area (Å²) in [4.78, 5) is 24.6. The van der Waals surface area contributed by atoms with E-state index in [2.05, 4.69) is 0 Å². The Balaban J connectivity index is 1.81. The molecule has 4 nitrogen and oxygen atoms in total. The lowest BCUT2D eigenvalue weighted by Crippen LogP contribution is -2.53. The summed E-state index contributed by atoms with van der Waals surface area (Å²) in [6.07, 6.45) is 0.252. The number of aliphatic hydroxyl groups is 1. The van der Waals surface area contributed by atoms with Gasteiger partial charge in [0, 0.05) is 12.0 Å². The zero-order valence-electron chi connectivity index (χ0n) is 15.6. The van der Waals surface area contributed by atoms with Crippen molar-refractivity contribution in [1.29, 1.82) is 0 Å². The first kappa shape index (κ1) is 18.6. The third-order valence-corrected chi connectivity index (χ3v) is 5.35. The second-order valence-corrected chi connectivity index (χ2v) is 7.27. The highest BCUT2D eigenvalue weighted by atomic mass is 17.2. The van der Waals surface area contributed by atoms with E-state index in [0.717, 1.165) is 11.1 Å². The fourth-order valence-corrected chi connectivity index (χ4v) is 3.78. The molecular weight excluding hydrogens is 352 g/mol. The molecule has 4 rings (SSSR count). The number of carbonyl (C=O) groups is 1. The normalized spacial score (nSPS) is 23.9. The minimum absolute atomic E-state index is 0.176. The summed E-state index contributed by atoms with van der Waals surface area (Å²) in [5.74, 6) is -2.71. The van der Waals surface area contributed by atoms with Crippen LogP contribution in [0.1, 0.15) is 34.8 Å². The van der Waals surface area contributed by atoms with Gasteiger partial charge in [0.1, 0.15) is 0 Å². The summed E-state index contributed by atoms with van der Waals surface area (Å²) in [6.45, 7) is 1.47. The lowest BCUT2D eigenvalue weighted by Gasteiger charge is -2.45. The van der Waals surface area contributed by atoms with E-state index in [1.165, 1.54) is 6.92 Å². The zero-order chi connectivity index (χ0) is 19.6. The predicted octanol–water partition coefficient (Wildman–Crippen LogP) is 4.49. The number of rotatable bonds is 4. The Morgan fingerprint density at radius 2 is 1.29 bits per heavy atom. The van der Waals surface area contributed by atoms with Crippen LogP contribution in [-0.4, -0.2) is 16.7 Å². The van der Waals surface area contributed by atoms with E-state index in [9.17, 15) is 9.90 Å². The van der Waals surface area contributed by atoms with Gasteiger partial charge >= 0.3 is 0 Å². The molecule has 0 amide bonds. The van der Waals surface area contributed by atoms with Crippen molar-refractivity contribution in [3.8, 4) is 0 Å². The van der Waals surface area contributed by atoms with E-state index >= 15 is 0 Å². The first-order valence-electron chi connectivity index (χ1n) is 9.32. The molecule has 2 atom stereocenters. The SMILES string of the molecule is CC1(O)OOC(c2ccccc2)(c2ccccc2)CC1C(=O)c1ccccc1. The Labute approximate surface area is 164 Å². The molecular formula is C24H22O4. The summed E-state index contributed by atoms with van der Waals surface area (Å²) in [5, 5.41) is 10.8. The molecule has 1 aliphatic heterocycles. The van der Waals surface area contributed by atoms with Crippen molar-refractivity contribution in [2.75, 3.05) is 0 Å². The van der Waals surface area contributed by atoms with Gasteiger partial charge in [-0.1, -0.05) is 91.0 Å². The number of carbonyl (C=O) groups excluding carboxylic acids is 1. The topological polar surface area (TPSA) is 55.8 Å². The highest BCUT2D eigenvalue weighted by molar-refractivity contribution is 5.98. The van der Waals surface area contributed by atoms with E-state index < -0.39 is 17.3 Å². The van der Waals surface area contributed by atoms with E-state index in [-0.39, 0.29) is 12.2 Å². The van der Waals surface area contributed by atoms with E-state index in [1.54, 1.807) is 12.1 Å². The van der Waals surface area contributed by atoms with Crippen molar-refractivity contribution in [2.24, 2.45) is 5.92 Å². The monoisotopic (exact) mass is 374 g/mol. The van der Waals surface area contributed by atoms with Crippen LogP contribution < -0.4 is 0 Å². The van der Waals surface area contributed by atoms with Gasteiger partial charge < -0.3 is 5.11 Å². The minimum atomic E-state index is -1.74. The van der Waals surface area contributed by atoms with Crippen LogP contribution >= 0.6 is 0 Å². The van der Waals surface area contributed by atoms with Gasteiger partial charge in [0.05, 0.1) is 5.92 Å². The molecule has 0 aromatic heterocycles. The first-order valence-corrected chi connectivity index (χ1v) is 9.32. The second kappa shape index (κ2) is 7.32. The van der Waals surface area contributed by atoms with Gasteiger partial charge in [-0.3, -0.25) is 4.79 Å². The Kier molecular flexibility index (Phi) is 4.85. The average Bonchev–Trinajstić information content (AvgIpc) is 2.75. The Morgan fingerprint density at radius 1 is 0.821 bits per heavy atom. The largest absolute Gasteiger partial charge is 0.363 e. The van der Waals surface area contributed by atoms with Crippen molar-refractivity contribution in [3.63, 3.8) is 0 Å². The van der Waals surface area contributed by atoms with Gasteiger partial charge in [0.15, 0.2) is 11.4 Å². The average molecular weight is 374 g/mol. The number of hydrogen-bond acceptors (Lipinski definition) is 4. The number of benzene rings is 3. The van der Waals surface area contributed by atoms with Gasteiger partial charge in [-0.05, 0) is 18.1 Å². The number of ketones is 1. The van der Waals surface area contributed by atoms with Gasteiger partial charge in [0.25, 0.3) is 0 Å². The lowest BCUT2D eigenvalue weighted by atomic mass is 9.74. The molecule has 1 N–H and O–H groups in total. The third-order valence-electron chi connectivity index (χ3n) is 5.35. The van der Waals surface area contributed by atoms with Crippen LogP contribution in [0.5, 0.6) is 0 Å². The molecule has 0 radical (unpaired) electrons. The van der Waals surface area contributed by atoms with Crippen molar-refractivity contribution in [2.45, 2.75) is 24.7 Å². The molecule has 1 heterocycles. The van der Waals surface area contributed by atoms with Crippen LogP contribution in [0.3, 0.4) is 0 Å². The summed E-state index contributed by atoms with van der Waals surface area (Å²) in [6, 6.07) is 28.3. The number of hydrogen-bond donors (Lipinski definition) is 1. The van der Waals surface area contributed by atoms with Gasteiger partial charge in [0.2, 0.25) is 5.79 Å². The summed E-state index contributed by atoms with van der Waals surface area (Å²) in [5.41, 5.74) is 1.26. The highest BCUT2D eigenvalue weighted by Crippen LogP contribution is 2.47. The minimum Gasteiger partial charge on any atom is -0.363 e. The van der Waals surface area contributed by atoms with Crippen molar-refractivity contribution < 1.29 is 19.7 Å². The summed E-state index contributed by atoms with van der Waals surface area (Å²) in [7, 11) is 0. The Morgan fingerprint density at radius 3 is 1.79 bits per heavy atom. The Hall–Kier alpha value is -2.79. The zero-order valence-corrected chi connectivity index (χ0v) is 15.6. The van der Waals surface area contributed by atoms with Gasteiger partial charge in [-0.15, -0.1) is 0 Å². The summed E-state index contributed by atoms with van der Waals surface area (Å²) < 4.78 is 0. The molecule has 1 fully saturated rings. The van der Waals surface area contributed by atoms with Crippen LogP contribution in [0.25, 0.3) is 0 Å². The summed E-state index contributed by atoms with van der Waals surface area (Å²) >= 11 is 0. The van der Waals surface area contributed by atoms with Gasteiger partial charge in [-0.25, -0.2) is 4.89 Å². The molecule has 3 aromatic carbocycles. The molecule has 1 aliphatic rings. The molecule has 0 saturated carbocycles. The third kappa shape index (κ3) is 3.27. The maximum absolute atomic E-state index is 13.3. The van der Waals surface area contributed by atoms with Crippen molar-refractivity contribution in [1.82, 2.24) is 0 Å². The molecule has 0 aliphatic carbocycles. The molecule has 0 spiro atoms. The van der Waals surface area contributed by atoms with E-state index in [0.29, 0.717) is 5.56 Å². The maximum atomic E-state index is 13.3. The molecule has 3 aromatic rings. The molecule has 4 heteroatoms. The van der Waals surface area contributed by atoms with Gasteiger partial charge in [-0.2, -0.15) is 4.89 Å². The van der Waals surface area contributed by atoms with Crippen molar-refractivity contribution >= 4 is 5.78 Å². The maximum Gasteiger partial charge on any atom is 0.206 e. The van der Waals surface area contributed by atoms with Crippen LogP contribution in [-0.2, 0) is 15.4 Å². The van der Waals surface area contributed by atoms with E-state index in [1.807, 2.05) is 78.9 Å². The Bertz CT molecular complexity index is 897. The van der Waals surface area contributed by atoms with Crippen LogP contribution in [0.4, 0.5) is 0 Å².